The third-order valence-electron chi connectivity index (χ3n) is 3.11. The minimum absolute atomic E-state index is 0.193. The molecule has 0 nitrogen and oxygen atoms in total. The van der Waals surface area contributed by atoms with Gasteiger partial charge in [-0.3, -0.25) is 0 Å². The van der Waals surface area contributed by atoms with Gasteiger partial charge < -0.3 is 0 Å². The molecule has 1 rings (SSSR count). The molecule has 0 amide bonds. The summed E-state index contributed by atoms with van der Waals surface area (Å²) in [5, 5.41) is 0. The maximum atomic E-state index is 2.34. The van der Waals surface area contributed by atoms with E-state index >= 15 is 0 Å². The van der Waals surface area contributed by atoms with Crippen molar-refractivity contribution in [1.82, 2.24) is 0 Å². The molecule has 1 aliphatic rings. The molecule has 0 fully saturated rings. The Morgan fingerprint density at radius 3 is 1.67 bits per heavy atom. The SMILES string of the molecule is CSC1=C(SC)C=CC(C)(C(C)C)C=C1. The fourth-order valence-corrected chi connectivity index (χ4v) is 2.90. The van der Waals surface area contributed by atoms with Gasteiger partial charge in [0.25, 0.3) is 0 Å². The van der Waals surface area contributed by atoms with Gasteiger partial charge in [-0.2, -0.15) is 0 Å². The first-order chi connectivity index (χ1) is 7.03. The predicted molar refractivity (Wildman–Crippen MR) is 75.3 cm³/mol. The van der Waals surface area contributed by atoms with Crippen molar-refractivity contribution in [3.8, 4) is 0 Å². The highest BCUT2D eigenvalue weighted by atomic mass is 32.2. The summed E-state index contributed by atoms with van der Waals surface area (Å²) in [6, 6.07) is 0. The molecule has 0 aliphatic heterocycles. The lowest BCUT2D eigenvalue weighted by molar-refractivity contribution is 0.383. The first-order valence-electron chi connectivity index (χ1n) is 5.24. The van der Waals surface area contributed by atoms with Crippen LogP contribution in [0.4, 0.5) is 0 Å². The lowest BCUT2D eigenvalue weighted by Crippen LogP contribution is -2.17. The highest BCUT2D eigenvalue weighted by Gasteiger charge is 2.23. The summed E-state index contributed by atoms with van der Waals surface area (Å²) < 4.78 is 0. The number of rotatable bonds is 3. The summed E-state index contributed by atoms with van der Waals surface area (Å²) >= 11 is 3.65. The number of hydrogen-bond donors (Lipinski definition) is 0. The van der Waals surface area contributed by atoms with E-state index in [9.17, 15) is 0 Å². The summed E-state index contributed by atoms with van der Waals surface area (Å²) in [6.45, 7) is 6.85. The quantitative estimate of drug-likeness (QED) is 0.700. The Kier molecular flexibility index (Phi) is 4.60. The molecule has 0 N–H and O–H groups in total. The lowest BCUT2D eigenvalue weighted by atomic mass is 9.79. The summed E-state index contributed by atoms with van der Waals surface area (Å²) in [5.74, 6) is 0.634. The van der Waals surface area contributed by atoms with Gasteiger partial charge in [-0.15, -0.1) is 23.5 Å². The molecule has 0 unspecified atom stereocenters. The van der Waals surface area contributed by atoms with Crippen molar-refractivity contribution in [3.63, 3.8) is 0 Å². The molecule has 0 aromatic carbocycles. The normalized spacial score (nSPS) is 19.9. The Morgan fingerprint density at radius 1 is 1.00 bits per heavy atom. The predicted octanol–water partition coefficient (Wildman–Crippen LogP) is 4.71. The average Bonchev–Trinajstić information content (AvgIpc) is 2.38. The van der Waals surface area contributed by atoms with Crippen molar-refractivity contribution >= 4 is 23.5 Å². The third-order valence-corrected chi connectivity index (χ3v) is 4.84. The Bertz CT molecular complexity index is 284. The van der Waals surface area contributed by atoms with Crippen LogP contribution in [-0.2, 0) is 0 Å². The minimum atomic E-state index is 0.193. The largest absolute Gasteiger partial charge is 0.128 e. The smallest absolute Gasteiger partial charge is 0.0202 e. The van der Waals surface area contributed by atoms with Gasteiger partial charge >= 0.3 is 0 Å². The Labute approximate surface area is 102 Å². The first kappa shape index (κ1) is 13.0. The molecule has 1 aliphatic carbocycles. The van der Waals surface area contributed by atoms with Crippen LogP contribution in [0.3, 0.4) is 0 Å². The molecular weight excluding hydrogens is 220 g/mol. The van der Waals surface area contributed by atoms with Crippen molar-refractivity contribution in [1.29, 1.82) is 0 Å². The second kappa shape index (κ2) is 5.31. The van der Waals surface area contributed by atoms with E-state index in [1.54, 1.807) is 0 Å². The Hall–Kier alpha value is -0.0800. The number of allylic oxidation sites excluding steroid dienone is 4. The van der Waals surface area contributed by atoms with Gasteiger partial charge in [-0.1, -0.05) is 45.1 Å². The first-order valence-corrected chi connectivity index (χ1v) is 7.69. The van der Waals surface area contributed by atoms with Crippen LogP contribution in [0.5, 0.6) is 0 Å². The molecule has 0 saturated heterocycles. The summed E-state index contributed by atoms with van der Waals surface area (Å²) in [7, 11) is 0. The van der Waals surface area contributed by atoms with Crippen LogP contribution in [0.2, 0.25) is 0 Å². The molecule has 0 aromatic heterocycles. The van der Waals surface area contributed by atoms with Crippen LogP contribution in [0.25, 0.3) is 0 Å². The Morgan fingerprint density at radius 2 is 1.40 bits per heavy atom. The van der Waals surface area contributed by atoms with Crippen LogP contribution in [-0.4, -0.2) is 12.5 Å². The minimum Gasteiger partial charge on any atom is -0.128 e. The van der Waals surface area contributed by atoms with Gasteiger partial charge in [0.15, 0.2) is 0 Å². The summed E-state index contributed by atoms with van der Waals surface area (Å²) in [4.78, 5) is 2.76. The van der Waals surface area contributed by atoms with Crippen LogP contribution >= 0.6 is 23.5 Å². The van der Waals surface area contributed by atoms with E-state index in [0.717, 1.165) is 0 Å². The van der Waals surface area contributed by atoms with Crippen LogP contribution in [0.1, 0.15) is 20.8 Å². The molecule has 0 bridgehead atoms. The van der Waals surface area contributed by atoms with E-state index in [0.29, 0.717) is 5.92 Å². The molecule has 0 heterocycles. The van der Waals surface area contributed by atoms with E-state index in [-0.39, 0.29) is 5.41 Å². The Balaban J connectivity index is 3.06. The number of hydrogen-bond acceptors (Lipinski definition) is 2. The van der Waals surface area contributed by atoms with Crippen LogP contribution in [0.15, 0.2) is 34.1 Å². The maximum absolute atomic E-state index is 2.34. The van der Waals surface area contributed by atoms with Crippen molar-refractivity contribution < 1.29 is 0 Å². The molecule has 84 valence electrons. The monoisotopic (exact) mass is 240 g/mol. The fraction of sp³-hybridized carbons (Fsp3) is 0.538. The van der Waals surface area contributed by atoms with E-state index in [2.05, 4.69) is 57.6 Å². The van der Waals surface area contributed by atoms with E-state index in [4.69, 9.17) is 0 Å². The van der Waals surface area contributed by atoms with Gasteiger partial charge in [0.1, 0.15) is 0 Å². The van der Waals surface area contributed by atoms with Crippen molar-refractivity contribution in [2.75, 3.05) is 12.5 Å². The number of thioether (sulfide) groups is 2. The summed E-state index contributed by atoms with van der Waals surface area (Å²) in [5.41, 5.74) is 0.193. The van der Waals surface area contributed by atoms with Gasteiger partial charge in [0.2, 0.25) is 0 Å². The average molecular weight is 240 g/mol. The standard InChI is InChI=1S/C13H20S2/c1-10(2)13(3)8-6-11(14-4)12(15-5)7-9-13/h6-10H,1-5H3. The van der Waals surface area contributed by atoms with Gasteiger partial charge in [0.05, 0.1) is 0 Å². The molecule has 0 radical (unpaired) electrons. The van der Waals surface area contributed by atoms with Crippen molar-refractivity contribution in [2.24, 2.45) is 11.3 Å². The fourth-order valence-electron chi connectivity index (χ4n) is 1.45. The van der Waals surface area contributed by atoms with E-state index in [1.807, 2.05) is 23.5 Å². The molecular formula is C13H20S2. The molecule has 2 heteroatoms. The third kappa shape index (κ3) is 2.94. The van der Waals surface area contributed by atoms with Gasteiger partial charge in [0, 0.05) is 15.2 Å². The van der Waals surface area contributed by atoms with Crippen molar-refractivity contribution in [3.05, 3.63) is 34.1 Å². The molecule has 0 saturated carbocycles. The van der Waals surface area contributed by atoms with Crippen molar-refractivity contribution in [2.45, 2.75) is 20.8 Å². The lowest BCUT2D eigenvalue weighted by Gasteiger charge is -2.26. The van der Waals surface area contributed by atoms with Gasteiger partial charge in [-0.25, -0.2) is 0 Å². The molecule has 0 aromatic rings. The zero-order chi connectivity index (χ0) is 11.5. The molecule has 0 spiro atoms. The van der Waals surface area contributed by atoms with E-state index < -0.39 is 0 Å². The topological polar surface area (TPSA) is 0 Å². The molecule has 0 atom stereocenters. The molecule has 15 heavy (non-hydrogen) atoms. The highest BCUT2D eigenvalue weighted by Crippen LogP contribution is 2.37. The maximum Gasteiger partial charge on any atom is 0.0202 e. The van der Waals surface area contributed by atoms with Crippen LogP contribution in [0, 0.1) is 11.3 Å². The second-order valence-electron chi connectivity index (χ2n) is 4.32. The van der Waals surface area contributed by atoms with Crippen LogP contribution < -0.4 is 0 Å². The van der Waals surface area contributed by atoms with Gasteiger partial charge in [-0.05, 0) is 18.4 Å². The summed E-state index contributed by atoms with van der Waals surface area (Å²) in [6.07, 6.45) is 13.5. The second-order valence-corrected chi connectivity index (χ2v) is 6.02. The highest BCUT2D eigenvalue weighted by molar-refractivity contribution is 8.06. The van der Waals surface area contributed by atoms with E-state index in [1.165, 1.54) is 9.81 Å². The zero-order valence-electron chi connectivity index (χ0n) is 10.2. The zero-order valence-corrected chi connectivity index (χ0v) is 11.8.